The average Bonchev–Trinajstić information content (AvgIpc) is 2.48. The lowest BCUT2D eigenvalue weighted by atomic mass is 9.63. The number of hydrogen-bond acceptors (Lipinski definition) is 2. The molecule has 2 aliphatic carbocycles. The predicted octanol–water partition coefficient (Wildman–Crippen LogP) is 6.21. The van der Waals surface area contributed by atoms with Crippen LogP contribution in [0.2, 0.25) is 0 Å². The third kappa shape index (κ3) is 4.19. The maximum absolute atomic E-state index is 13.0. The van der Waals surface area contributed by atoms with E-state index < -0.39 is 0 Å². The molecule has 0 saturated heterocycles. The van der Waals surface area contributed by atoms with Crippen LogP contribution in [0.25, 0.3) is 0 Å². The van der Waals surface area contributed by atoms with Crippen molar-refractivity contribution in [3.05, 3.63) is 11.3 Å². The molecule has 0 aliphatic heterocycles. The largest absolute Gasteiger partial charge is 0.512 e. The van der Waals surface area contributed by atoms with Crippen molar-refractivity contribution in [3.8, 4) is 0 Å². The second kappa shape index (κ2) is 6.26. The van der Waals surface area contributed by atoms with Crippen LogP contribution in [0.3, 0.4) is 0 Å². The molecule has 2 aliphatic rings. The summed E-state index contributed by atoms with van der Waals surface area (Å²) in [5, 5.41) is 10.7. The Kier molecular flexibility index (Phi) is 5.05. The number of Topliss-reactive ketones (excluding diaryl/α,β-unsaturated/α-hetero) is 1. The lowest BCUT2D eigenvalue weighted by Crippen LogP contribution is -2.36. The molecule has 2 heteroatoms. The summed E-state index contributed by atoms with van der Waals surface area (Å²) in [6.07, 6.45) is 8.37. The fourth-order valence-electron chi connectivity index (χ4n) is 4.25. The SMILES string of the molecule is C/C(C(=O)C1(C)CCC(C)(C)CC1)=C(/O)C1CCC(C)(C)CC1. The standard InChI is InChI=1S/C21H36O2/c1-15(17(22)16-7-9-19(2,3)10-8-16)18(23)21(6)13-11-20(4,5)12-14-21/h16,22H,7-14H2,1-6H3/b17-15-. The van der Waals surface area contributed by atoms with Crippen LogP contribution in [0.15, 0.2) is 11.3 Å². The highest BCUT2D eigenvalue weighted by Crippen LogP contribution is 2.47. The molecule has 0 heterocycles. The molecule has 0 radical (unpaired) electrons. The zero-order chi connectivity index (χ0) is 17.5. The first-order chi connectivity index (χ1) is 10.5. The number of aliphatic hydroxyl groups is 1. The second-order valence-electron chi connectivity index (χ2n) is 10.0. The van der Waals surface area contributed by atoms with Crippen LogP contribution in [0.4, 0.5) is 0 Å². The number of allylic oxidation sites excluding steroid dienone is 2. The Morgan fingerprint density at radius 3 is 1.74 bits per heavy atom. The van der Waals surface area contributed by atoms with Crippen LogP contribution < -0.4 is 0 Å². The molecule has 0 amide bonds. The summed E-state index contributed by atoms with van der Waals surface area (Å²) in [7, 11) is 0. The summed E-state index contributed by atoms with van der Waals surface area (Å²) in [5.41, 5.74) is 1.10. The fourth-order valence-corrected chi connectivity index (χ4v) is 4.25. The van der Waals surface area contributed by atoms with Crippen LogP contribution >= 0.6 is 0 Å². The minimum absolute atomic E-state index is 0.190. The molecule has 0 aromatic carbocycles. The molecule has 0 atom stereocenters. The molecular formula is C21H36O2. The van der Waals surface area contributed by atoms with Gasteiger partial charge in [0, 0.05) is 16.9 Å². The van der Waals surface area contributed by atoms with Gasteiger partial charge in [0.2, 0.25) is 0 Å². The van der Waals surface area contributed by atoms with Gasteiger partial charge in [0.25, 0.3) is 0 Å². The van der Waals surface area contributed by atoms with Gasteiger partial charge in [-0.2, -0.15) is 0 Å². The molecule has 0 spiro atoms. The summed E-state index contributed by atoms with van der Waals surface area (Å²) in [6, 6.07) is 0. The van der Waals surface area contributed by atoms with Gasteiger partial charge >= 0.3 is 0 Å². The van der Waals surface area contributed by atoms with Gasteiger partial charge in [-0.05, 0) is 69.1 Å². The Balaban J connectivity index is 2.09. The first-order valence-electron chi connectivity index (χ1n) is 9.40. The normalized spacial score (nSPS) is 28.1. The lowest BCUT2D eigenvalue weighted by Gasteiger charge is -2.41. The third-order valence-corrected chi connectivity index (χ3v) is 6.71. The highest BCUT2D eigenvalue weighted by Gasteiger charge is 2.41. The van der Waals surface area contributed by atoms with Crippen molar-refractivity contribution in [1.82, 2.24) is 0 Å². The van der Waals surface area contributed by atoms with E-state index in [4.69, 9.17) is 0 Å². The second-order valence-corrected chi connectivity index (χ2v) is 10.0. The Hall–Kier alpha value is -0.790. The first-order valence-corrected chi connectivity index (χ1v) is 9.40. The number of carbonyl (C=O) groups excluding carboxylic acids is 1. The highest BCUT2D eigenvalue weighted by molar-refractivity contribution is 5.99. The number of aliphatic hydroxyl groups excluding tert-OH is 1. The van der Waals surface area contributed by atoms with E-state index in [-0.39, 0.29) is 17.1 Å². The smallest absolute Gasteiger partial charge is 0.167 e. The van der Waals surface area contributed by atoms with Gasteiger partial charge < -0.3 is 5.11 Å². The van der Waals surface area contributed by atoms with Crippen LogP contribution in [0.5, 0.6) is 0 Å². The number of carbonyl (C=O) groups is 1. The zero-order valence-electron chi connectivity index (χ0n) is 16.1. The van der Waals surface area contributed by atoms with E-state index in [0.29, 0.717) is 22.2 Å². The van der Waals surface area contributed by atoms with Crippen LogP contribution in [0, 0.1) is 22.2 Å². The molecule has 0 bridgehead atoms. The molecule has 0 aromatic heterocycles. The molecule has 132 valence electrons. The summed E-state index contributed by atoms with van der Waals surface area (Å²) in [5.74, 6) is 0.766. The van der Waals surface area contributed by atoms with E-state index in [1.165, 1.54) is 0 Å². The first kappa shape index (κ1) is 18.5. The van der Waals surface area contributed by atoms with Crippen molar-refractivity contribution in [1.29, 1.82) is 0 Å². The molecule has 0 aromatic rings. The monoisotopic (exact) mass is 320 g/mol. The third-order valence-electron chi connectivity index (χ3n) is 6.71. The highest BCUT2D eigenvalue weighted by atomic mass is 16.3. The molecule has 2 fully saturated rings. The Morgan fingerprint density at radius 2 is 1.26 bits per heavy atom. The zero-order valence-corrected chi connectivity index (χ0v) is 16.1. The summed E-state index contributed by atoms with van der Waals surface area (Å²) in [6.45, 7) is 13.1. The maximum Gasteiger partial charge on any atom is 0.167 e. The lowest BCUT2D eigenvalue weighted by molar-refractivity contribution is -0.127. The van der Waals surface area contributed by atoms with E-state index in [0.717, 1.165) is 51.4 Å². The van der Waals surface area contributed by atoms with Crippen molar-refractivity contribution < 1.29 is 9.90 Å². The molecule has 2 saturated carbocycles. The van der Waals surface area contributed by atoms with Gasteiger partial charge in [0.05, 0.1) is 0 Å². The molecule has 23 heavy (non-hydrogen) atoms. The van der Waals surface area contributed by atoms with Gasteiger partial charge in [-0.25, -0.2) is 0 Å². The van der Waals surface area contributed by atoms with Gasteiger partial charge in [-0.3, -0.25) is 4.79 Å². The van der Waals surface area contributed by atoms with Crippen LogP contribution in [-0.4, -0.2) is 10.9 Å². The Labute approximate surface area is 142 Å². The number of hydrogen-bond donors (Lipinski definition) is 1. The average molecular weight is 321 g/mol. The maximum atomic E-state index is 13.0. The van der Waals surface area contributed by atoms with E-state index in [1.807, 2.05) is 6.92 Å². The Morgan fingerprint density at radius 1 is 0.826 bits per heavy atom. The number of ketones is 1. The topological polar surface area (TPSA) is 37.3 Å². The summed E-state index contributed by atoms with van der Waals surface area (Å²) in [4.78, 5) is 13.0. The predicted molar refractivity (Wildman–Crippen MR) is 96.4 cm³/mol. The van der Waals surface area contributed by atoms with Crippen molar-refractivity contribution in [3.63, 3.8) is 0 Å². The minimum atomic E-state index is -0.276. The van der Waals surface area contributed by atoms with Gasteiger partial charge in [0.1, 0.15) is 5.76 Å². The molecule has 1 N–H and O–H groups in total. The van der Waals surface area contributed by atoms with Gasteiger partial charge in [-0.15, -0.1) is 0 Å². The van der Waals surface area contributed by atoms with Crippen molar-refractivity contribution >= 4 is 5.78 Å². The van der Waals surface area contributed by atoms with Gasteiger partial charge in [0.15, 0.2) is 5.78 Å². The van der Waals surface area contributed by atoms with E-state index in [2.05, 4.69) is 34.6 Å². The summed E-state index contributed by atoms with van der Waals surface area (Å²) >= 11 is 0. The van der Waals surface area contributed by atoms with E-state index in [1.54, 1.807) is 0 Å². The van der Waals surface area contributed by atoms with Crippen molar-refractivity contribution in [2.75, 3.05) is 0 Å². The fraction of sp³-hybridized carbons (Fsp3) is 0.857. The van der Waals surface area contributed by atoms with Crippen LogP contribution in [0.1, 0.15) is 92.9 Å². The van der Waals surface area contributed by atoms with Crippen LogP contribution in [-0.2, 0) is 4.79 Å². The summed E-state index contributed by atoms with van der Waals surface area (Å²) < 4.78 is 0. The minimum Gasteiger partial charge on any atom is -0.512 e. The van der Waals surface area contributed by atoms with E-state index >= 15 is 0 Å². The molecular weight excluding hydrogens is 284 g/mol. The van der Waals surface area contributed by atoms with Crippen molar-refractivity contribution in [2.24, 2.45) is 22.2 Å². The Bertz CT molecular complexity index is 476. The molecule has 2 rings (SSSR count). The van der Waals surface area contributed by atoms with Crippen molar-refractivity contribution in [2.45, 2.75) is 92.9 Å². The quantitative estimate of drug-likeness (QED) is 0.496. The molecule has 0 unspecified atom stereocenters. The number of rotatable bonds is 3. The molecule has 2 nitrogen and oxygen atoms in total. The van der Waals surface area contributed by atoms with Gasteiger partial charge in [-0.1, -0.05) is 34.6 Å². The van der Waals surface area contributed by atoms with E-state index in [9.17, 15) is 9.90 Å².